The lowest BCUT2D eigenvalue weighted by atomic mass is 10.0. The van der Waals surface area contributed by atoms with Crippen LogP contribution in [0.4, 0.5) is 13.2 Å². The summed E-state index contributed by atoms with van der Waals surface area (Å²) in [5.41, 5.74) is -0.591. The highest BCUT2D eigenvalue weighted by Gasteiger charge is 2.46. The van der Waals surface area contributed by atoms with Crippen molar-refractivity contribution >= 4 is 10.0 Å². The number of nitrogens with one attached hydrogen (secondary N) is 1. The number of hydrogen-bond acceptors (Lipinski definition) is 3. The molecule has 1 saturated carbocycles. The minimum Gasteiger partial charge on any atom is -0.274 e. The third-order valence-corrected chi connectivity index (χ3v) is 5.20. The van der Waals surface area contributed by atoms with Gasteiger partial charge in [0.1, 0.15) is 4.90 Å². The summed E-state index contributed by atoms with van der Waals surface area (Å²) in [6.45, 7) is 0. The van der Waals surface area contributed by atoms with E-state index in [0.717, 1.165) is 6.07 Å². The summed E-state index contributed by atoms with van der Waals surface area (Å²) in [4.78, 5) is -0.00486. The van der Waals surface area contributed by atoms with Crippen molar-refractivity contribution in [1.82, 2.24) is 14.5 Å². The van der Waals surface area contributed by atoms with Gasteiger partial charge in [-0.05, 0) is 18.1 Å². The predicted octanol–water partition coefficient (Wildman–Crippen LogP) is 2.27. The monoisotopic (exact) mass is 345 g/mol. The SMILES string of the molecule is Cn1cc(S(=O)(=O)N[C@H]2C[C@@H]2c2ccccc2C(F)(F)F)cn1. The highest BCUT2D eigenvalue weighted by Crippen LogP contribution is 2.46. The molecule has 1 heterocycles. The summed E-state index contributed by atoms with van der Waals surface area (Å²) in [5, 5.41) is 3.78. The number of sulfonamides is 1. The molecule has 2 aromatic rings. The van der Waals surface area contributed by atoms with Gasteiger partial charge in [0.05, 0.1) is 11.8 Å². The zero-order valence-electron chi connectivity index (χ0n) is 12.1. The van der Waals surface area contributed by atoms with Crippen LogP contribution in [0.25, 0.3) is 0 Å². The molecule has 1 aromatic heterocycles. The van der Waals surface area contributed by atoms with Crippen molar-refractivity contribution in [2.45, 2.75) is 29.5 Å². The summed E-state index contributed by atoms with van der Waals surface area (Å²) in [5.74, 6) is -0.473. The first-order chi connectivity index (χ1) is 10.7. The second kappa shape index (κ2) is 5.34. The Kier molecular flexibility index (Phi) is 3.72. The van der Waals surface area contributed by atoms with Crippen molar-refractivity contribution in [3.8, 4) is 0 Å². The van der Waals surface area contributed by atoms with Crippen molar-refractivity contribution in [2.75, 3.05) is 0 Å². The van der Waals surface area contributed by atoms with Crippen molar-refractivity contribution in [3.63, 3.8) is 0 Å². The number of aromatic nitrogens is 2. The average Bonchev–Trinajstić information content (AvgIpc) is 3.05. The molecule has 124 valence electrons. The topological polar surface area (TPSA) is 64.0 Å². The molecule has 0 radical (unpaired) electrons. The maximum atomic E-state index is 13.0. The molecule has 0 bridgehead atoms. The predicted molar refractivity (Wildman–Crippen MR) is 76.1 cm³/mol. The summed E-state index contributed by atoms with van der Waals surface area (Å²) < 4.78 is 67.2. The Hall–Kier alpha value is -1.87. The molecule has 0 aliphatic heterocycles. The Morgan fingerprint density at radius 1 is 1.30 bits per heavy atom. The standard InChI is InChI=1S/C14H14F3N3O2S/c1-20-8-9(7-18-20)23(21,22)19-13-6-11(13)10-4-2-3-5-12(10)14(15,16)17/h2-5,7-8,11,13,19H,6H2,1H3/t11-,13+/m1/s1. The molecule has 1 N–H and O–H groups in total. The molecule has 3 rings (SSSR count). The van der Waals surface area contributed by atoms with Crippen LogP contribution >= 0.6 is 0 Å². The van der Waals surface area contributed by atoms with Crippen LogP contribution in [0, 0.1) is 0 Å². The molecule has 1 fully saturated rings. The summed E-state index contributed by atoms with van der Waals surface area (Å²) >= 11 is 0. The number of aryl methyl sites for hydroxylation is 1. The van der Waals surface area contributed by atoms with Gasteiger partial charge in [0.2, 0.25) is 10.0 Å². The fraction of sp³-hybridized carbons (Fsp3) is 0.357. The van der Waals surface area contributed by atoms with E-state index < -0.39 is 33.7 Å². The Balaban J connectivity index is 1.79. The van der Waals surface area contributed by atoms with Gasteiger partial charge < -0.3 is 0 Å². The normalized spacial score (nSPS) is 21.4. The van der Waals surface area contributed by atoms with Gasteiger partial charge in [-0.25, -0.2) is 13.1 Å². The first kappa shape index (κ1) is 16.0. The summed E-state index contributed by atoms with van der Waals surface area (Å²) in [7, 11) is -2.20. The Bertz CT molecular complexity index is 830. The van der Waals surface area contributed by atoms with Gasteiger partial charge in [0.25, 0.3) is 0 Å². The number of hydrogen-bond donors (Lipinski definition) is 1. The lowest BCUT2D eigenvalue weighted by molar-refractivity contribution is -0.138. The number of nitrogens with zero attached hydrogens (tertiary/aromatic N) is 2. The van der Waals surface area contributed by atoms with Crippen molar-refractivity contribution in [3.05, 3.63) is 47.8 Å². The van der Waals surface area contributed by atoms with Gasteiger partial charge in [-0.1, -0.05) is 18.2 Å². The molecule has 2 atom stereocenters. The van der Waals surface area contributed by atoms with Crippen LogP contribution in [-0.4, -0.2) is 24.2 Å². The van der Waals surface area contributed by atoms with Crippen molar-refractivity contribution in [2.24, 2.45) is 7.05 Å². The van der Waals surface area contributed by atoms with Crippen LogP contribution in [0.2, 0.25) is 0 Å². The molecule has 23 heavy (non-hydrogen) atoms. The molecule has 0 unspecified atom stereocenters. The van der Waals surface area contributed by atoms with Crippen LogP contribution in [0.3, 0.4) is 0 Å². The molecule has 1 aromatic carbocycles. The molecule has 1 aliphatic rings. The second-order valence-electron chi connectivity index (χ2n) is 5.50. The Morgan fingerprint density at radius 3 is 2.61 bits per heavy atom. The van der Waals surface area contributed by atoms with E-state index in [1.807, 2.05) is 0 Å². The third-order valence-electron chi connectivity index (χ3n) is 3.75. The molecule has 1 aliphatic carbocycles. The van der Waals surface area contributed by atoms with Crippen LogP contribution in [0.1, 0.15) is 23.5 Å². The van der Waals surface area contributed by atoms with E-state index in [1.165, 1.54) is 35.3 Å². The first-order valence-corrected chi connectivity index (χ1v) is 8.34. The van der Waals surface area contributed by atoms with Crippen molar-refractivity contribution in [1.29, 1.82) is 0 Å². The number of rotatable bonds is 4. The zero-order valence-corrected chi connectivity index (χ0v) is 12.9. The molecular formula is C14H14F3N3O2S. The van der Waals surface area contributed by atoms with Crippen LogP contribution < -0.4 is 4.72 Å². The Morgan fingerprint density at radius 2 is 2.00 bits per heavy atom. The highest BCUT2D eigenvalue weighted by molar-refractivity contribution is 7.89. The van der Waals surface area contributed by atoms with Gasteiger partial charge in [-0.15, -0.1) is 0 Å². The smallest absolute Gasteiger partial charge is 0.274 e. The van der Waals surface area contributed by atoms with Crippen LogP contribution in [0.5, 0.6) is 0 Å². The lowest BCUT2D eigenvalue weighted by Gasteiger charge is -2.12. The second-order valence-corrected chi connectivity index (χ2v) is 7.22. The molecule has 0 spiro atoms. The minimum atomic E-state index is -4.45. The fourth-order valence-corrected chi connectivity index (χ4v) is 3.82. The average molecular weight is 345 g/mol. The molecular weight excluding hydrogens is 331 g/mol. The van der Waals surface area contributed by atoms with E-state index in [9.17, 15) is 21.6 Å². The Labute approximate surface area is 131 Å². The summed E-state index contributed by atoms with van der Waals surface area (Å²) in [6, 6.07) is 4.72. The first-order valence-electron chi connectivity index (χ1n) is 6.85. The quantitative estimate of drug-likeness (QED) is 0.925. The number of benzene rings is 1. The van der Waals surface area contributed by atoms with Gasteiger partial charge in [0, 0.05) is 25.2 Å². The summed E-state index contributed by atoms with van der Waals surface area (Å²) in [6.07, 6.45) is -1.58. The van der Waals surface area contributed by atoms with E-state index in [2.05, 4.69) is 9.82 Å². The molecule has 0 saturated heterocycles. The van der Waals surface area contributed by atoms with Gasteiger partial charge in [-0.3, -0.25) is 4.68 Å². The third kappa shape index (κ3) is 3.25. The number of halogens is 3. The van der Waals surface area contributed by atoms with Crippen LogP contribution in [0.15, 0.2) is 41.6 Å². The van der Waals surface area contributed by atoms with E-state index in [-0.39, 0.29) is 10.5 Å². The van der Waals surface area contributed by atoms with E-state index in [0.29, 0.717) is 6.42 Å². The molecule has 5 nitrogen and oxygen atoms in total. The minimum absolute atomic E-state index is 0.00486. The van der Waals surface area contributed by atoms with Crippen LogP contribution in [-0.2, 0) is 23.2 Å². The van der Waals surface area contributed by atoms with Gasteiger partial charge >= 0.3 is 6.18 Å². The van der Waals surface area contributed by atoms with E-state index in [4.69, 9.17) is 0 Å². The number of alkyl halides is 3. The molecule has 9 heteroatoms. The maximum Gasteiger partial charge on any atom is 0.416 e. The highest BCUT2D eigenvalue weighted by atomic mass is 32.2. The maximum absolute atomic E-state index is 13.0. The van der Waals surface area contributed by atoms with Gasteiger partial charge in [0.15, 0.2) is 0 Å². The van der Waals surface area contributed by atoms with Gasteiger partial charge in [-0.2, -0.15) is 18.3 Å². The lowest BCUT2D eigenvalue weighted by Crippen LogP contribution is -2.26. The van der Waals surface area contributed by atoms with E-state index >= 15 is 0 Å². The molecule has 0 amide bonds. The van der Waals surface area contributed by atoms with Crippen molar-refractivity contribution < 1.29 is 21.6 Å². The van der Waals surface area contributed by atoms with E-state index in [1.54, 1.807) is 7.05 Å². The fourth-order valence-electron chi connectivity index (χ4n) is 2.55. The largest absolute Gasteiger partial charge is 0.416 e. The zero-order chi connectivity index (χ0) is 16.8.